The Labute approximate surface area is 132 Å². The maximum atomic E-state index is 14.0. The second-order valence-electron chi connectivity index (χ2n) is 5.50. The molecule has 1 atom stereocenters. The molecule has 22 heavy (non-hydrogen) atoms. The lowest BCUT2D eigenvalue weighted by Gasteiger charge is -2.22. The molecule has 0 spiro atoms. The number of benzene rings is 1. The molecule has 0 aliphatic carbocycles. The van der Waals surface area contributed by atoms with Crippen molar-refractivity contribution in [1.82, 2.24) is 0 Å². The van der Waals surface area contributed by atoms with Crippen molar-refractivity contribution in [2.45, 2.75) is 44.8 Å². The standard InChI is InChI=1S/C17H22F2O2Si/c1-3-5-13-7-8-14(10-21-13)22-11-12-6-9-15(20-4-2)17(19)16(12)18/h4,6,9-10,13H,2-3,5,7-8,11,22H2,1H3. The largest absolute Gasteiger partial charge is 0.499 e. The number of halogens is 2. The Morgan fingerprint density at radius 3 is 2.86 bits per heavy atom. The molecule has 0 bridgehead atoms. The maximum Gasteiger partial charge on any atom is 0.201 e. The predicted molar refractivity (Wildman–Crippen MR) is 86.5 cm³/mol. The number of allylic oxidation sites excluding steroid dienone is 1. The minimum Gasteiger partial charge on any atom is -0.499 e. The Hall–Kier alpha value is -1.62. The first-order chi connectivity index (χ1) is 10.7. The quantitative estimate of drug-likeness (QED) is 0.558. The van der Waals surface area contributed by atoms with Crippen molar-refractivity contribution in [3.8, 4) is 5.75 Å². The Kier molecular flexibility index (Phi) is 6.18. The van der Waals surface area contributed by atoms with Crippen LogP contribution in [0.5, 0.6) is 5.75 Å². The van der Waals surface area contributed by atoms with Crippen LogP contribution < -0.4 is 4.74 Å². The Balaban J connectivity index is 1.95. The second kappa shape index (κ2) is 8.13. The Morgan fingerprint density at radius 1 is 1.41 bits per heavy atom. The zero-order valence-electron chi connectivity index (χ0n) is 12.9. The molecule has 0 saturated heterocycles. The molecule has 1 aliphatic heterocycles. The van der Waals surface area contributed by atoms with Gasteiger partial charge in [0.1, 0.15) is 0 Å². The zero-order chi connectivity index (χ0) is 15.9. The number of hydrogen-bond acceptors (Lipinski definition) is 2. The first-order valence-electron chi connectivity index (χ1n) is 7.73. The van der Waals surface area contributed by atoms with E-state index in [0.29, 0.717) is 17.7 Å². The van der Waals surface area contributed by atoms with Gasteiger partial charge >= 0.3 is 0 Å². The van der Waals surface area contributed by atoms with Crippen molar-refractivity contribution in [1.29, 1.82) is 0 Å². The van der Waals surface area contributed by atoms with Crippen LogP contribution in [0.25, 0.3) is 0 Å². The lowest BCUT2D eigenvalue weighted by molar-refractivity contribution is 0.113. The van der Waals surface area contributed by atoms with E-state index in [0.717, 1.165) is 31.9 Å². The molecule has 5 heteroatoms. The summed E-state index contributed by atoms with van der Waals surface area (Å²) in [4.78, 5) is 0. The molecule has 1 heterocycles. The molecule has 1 aromatic rings. The van der Waals surface area contributed by atoms with Crippen molar-refractivity contribution in [3.05, 3.63) is 53.6 Å². The molecule has 0 fully saturated rings. The van der Waals surface area contributed by atoms with Gasteiger partial charge in [-0.05, 0) is 36.9 Å². The van der Waals surface area contributed by atoms with Crippen LogP contribution in [0.1, 0.15) is 38.2 Å². The van der Waals surface area contributed by atoms with E-state index in [9.17, 15) is 8.78 Å². The highest BCUT2D eigenvalue weighted by atomic mass is 28.2. The van der Waals surface area contributed by atoms with Crippen LogP contribution in [0.3, 0.4) is 0 Å². The van der Waals surface area contributed by atoms with Gasteiger partial charge in [0.25, 0.3) is 0 Å². The van der Waals surface area contributed by atoms with Gasteiger partial charge < -0.3 is 9.47 Å². The fourth-order valence-corrected chi connectivity index (χ4v) is 4.27. The first-order valence-corrected chi connectivity index (χ1v) is 9.44. The van der Waals surface area contributed by atoms with Gasteiger partial charge in [0.05, 0.1) is 28.1 Å². The Bertz CT molecular complexity index is 558. The van der Waals surface area contributed by atoms with E-state index in [4.69, 9.17) is 9.47 Å². The summed E-state index contributed by atoms with van der Waals surface area (Å²) in [5, 5.41) is 1.29. The summed E-state index contributed by atoms with van der Waals surface area (Å²) >= 11 is 0. The van der Waals surface area contributed by atoms with Gasteiger partial charge in [0, 0.05) is 0 Å². The van der Waals surface area contributed by atoms with E-state index in [1.54, 1.807) is 6.07 Å². The third kappa shape index (κ3) is 4.19. The molecule has 2 nitrogen and oxygen atoms in total. The summed E-state index contributed by atoms with van der Waals surface area (Å²) in [6.45, 7) is 5.49. The van der Waals surface area contributed by atoms with Crippen LogP contribution in [0, 0.1) is 11.6 Å². The van der Waals surface area contributed by atoms with Gasteiger partial charge in [-0.15, -0.1) is 0 Å². The summed E-state index contributed by atoms with van der Waals surface area (Å²) in [5.74, 6) is -1.88. The first kappa shape index (κ1) is 16.7. The molecule has 0 saturated carbocycles. The monoisotopic (exact) mass is 324 g/mol. The van der Waals surface area contributed by atoms with Crippen LogP contribution >= 0.6 is 0 Å². The van der Waals surface area contributed by atoms with Crippen molar-refractivity contribution in [2.24, 2.45) is 0 Å². The predicted octanol–water partition coefficient (Wildman–Crippen LogP) is 3.98. The molecule has 1 unspecified atom stereocenters. The summed E-state index contributed by atoms with van der Waals surface area (Å²) in [6, 6.07) is 3.63. The van der Waals surface area contributed by atoms with Gasteiger partial charge in [-0.25, -0.2) is 4.39 Å². The summed E-state index contributed by atoms with van der Waals surface area (Å²) < 4.78 is 38.3. The molecular weight excluding hydrogens is 302 g/mol. The average molecular weight is 324 g/mol. The van der Waals surface area contributed by atoms with Gasteiger partial charge in [-0.1, -0.05) is 31.2 Å². The minimum atomic E-state index is -0.941. The topological polar surface area (TPSA) is 18.5 Å². The van der Waals surface area contributed by atoms with Crippen LogP contribution in [0.2, 0.25) is 0 Å². The van der Waals surface area contributed by atoms with E-state index in [1.807, 2.05) is 6.26 Å². The summed E-state index contributed by atoms with van der Waals surface area (Å²) in [7, 11) is -0.662. The molecule has 0 radical (unpaired) electrons. The van der Waals surface area contributed by atoms with E-state index < -0.39 is 21.2 Å². The summed E-state index contributed by atoms with van der Waals surface area (Å²) in [6.07, 6.45) is 7.54. The van der Waals surface area contributed by atoms with Gasteiger partial charge in [-0.2, -0.15) is 4.39 Å². The maximum absolute atomic E-state index is 14.0. The molecule has 0 amide bonds. The minimum absolute atomic E-state index is 0.125. The lowest BCUT2D eigenvalue weighted by Crippen LogP contribution is -2.17. The number of rotatable bonds is 7. The number of ether oxygens (including phenoxy) is 2. The highest BCUT2D eigenvalue weighted by Gasteiger charge is 2.17. The molecule has 1 aromatic carbocycles. The number of hydrogen-bond donors (Lipinski definition) is 0. The highest BCUT2D eigenvalue weighted by Crippen LogP contribution is 2.25. The van der Waals surface area contributed by atoms with E-state index in [-0.39, 0.29) is 5.75 Å². The molecular formula is C17H22F2O2Si. The third-order valence-corrected chi connectivity index (χ3v) is 5.83. The fraction of sp³-hybridized carbons (Fsp3) is 0.412. The highest BCUT2D eigenvalue weighted by molar-refractivity contribution is 6.44. The van der Waals surface area contributed by atoms with Gasteiger partial charge in [-0.3, -0.25) is 0 Å². The van der Waals surface area contributed by atoms with Crippen molar-refractivity contribution < 1.29 is 18.3 Å². The van der Waals surface area contributed by atoms with Crippen LogP contribution in [0.15, 0.2) is 36.4 Å². The van der Waals surface area contributed by atoms with Gasteiger partial charge in [0.2, 0.25) is 5.82 Å². The van der Waals surface area contributed by atoms with Crippen LogP contribution in [0.4, 0.5) is 8.78 Å². The zero-order valence-corrected chi connectivity index (χ0v) is 14.3. The molecule has 2 rings (SSSR count). The molecule has 0 N–H and O–H groups in total. The van der Waals surface area contributed by atoms with E-state index in [2.05, 4.69) is 13.5 Å². The van der Waals surface area contributed by atoms with Crippen molar-refractivity contribution in [3.63, 3.8) is 0 Å². The fourth-order valence-electron chi connectivity index (χ4n) is 2.62. The normalized spacial score (nSPS) is 18.1. The smallest absolute Gasteiger partial charge is 0.201 e. The van der Waals surface area contributed by atoms with E-state index >= 15 is 0 Å². The SMILES string of the molecule is C=COc1ccc(C[SiH2]C2=COC(CCC)CC2)c(F)c1F. The molecule has 0 aromatic heterocycles. The third-order valence-electron chi connectivity index (χ3n) is 3.88. The van der Waals surface area contributed by atoms with E-state index in [1.165, 1.54) is 11.3 Å². The van der Waals surface area contributed by atoms with Crippen molar-refractivity contribution >= 4 is 9.52 Å². The Morgan fingerprint density at radius 2 is 2.23 bits per heavy atom. The average Bonchev–Trinajstić information content (AvgIpc) is 2.53. The lowest BCUT2D eigenvalue weighted by atomic mass is 10.1. The van der Waals surface area contributed by atoms with Crippen LogP contribution in [-0.4, -0.2) is 15.6 Å². The summed E-state index contributed by atoms with van der Waals surface area (Å²) in [5.41, 5.74) is 0.414. The molecule has 1 aliphatic rings. The van der Waals surface area contributed by atoms with Crippen molar-refractivity contribution in [2.75, 3.05) is 0 Å². The van der Waals surface area contributed by atoms with Crippen LogP contribution in [-0.2, 0) is 10.8 Å². The molecule has 120 valence electrons. The second-order valence-corrected chi connectivity index (χ2v) is 7.41. The van der Waals surface area contributed by atoms with Gasteiger partial charge in [0.15, 0.2) is 11.6 Å².